The molecule has 0 aliphatic carbocycles. The SMILES string of the molecule is O=C(ON=C(c1ccncc1)c1ccc([N+](=O)[O-])cc1)c1ccccc1I. The monoisotopic (exact) mass is 473 g/mol. The van der Waals surface area contributed by atoms with Gasteiger partial charge in [0.05, 0.1) is 10.5 Å². The molecule has 0 amide bonds. The highest BCUT2D eigenvalue weighted by atomic mass is 127. The number of hydrogen-bond donors (Lipinski definition) is 0. The molecule has 1 aromatic heterocycles. The quantitative estimate of drug-likeness (QED) is 0.182. The third-order valence-corrected chi connectivity index (χ3v) is 4.56. The highest BCUT2D eigenvalue weighted by Gasteiger charge is 2.14. The molecule has 27 heavy (non-hydrogen) atoms. The van der Waals surface area contributed by atoms with Gasteiger partial charge in [0.2, 0.25) is 0 Å². The molecular weight excluding hydrogens is 461 g/mol. The molecule has 0 saturated heterocycles. The van der Waals surface area contributed by atoms with Gasteiger partial charge in [0, 0.05) is 39.2 Å². The Balaban J connectivity index is 1.95. The third kappa shape index (κ3) is 4.53. The van der Waals surface area contributed by atoms with E-state index in [0.29, 0.717) is 22.4 Å². The van der Waals surface area contributed by atoms with Gasteiger partial charge in [0.15, 0.2) is 0 Å². The van der Waals surface area contributed by atoms with E-state index in [4.69, 9.17) is 4.84 Å². The number of rotatable bonds is 5. The predicted molar refractivity (Wildman–Crippen MR) is 108 cm³/mol. The van der Waals surface area contributed by atoms with E-state index in [1.807, 2.05) is 28.7 Å². The second kappa shape index (κ2) is 8.49. The lowest BCUT2D eigenvalue weighted by Crippen LogP contribution is -2.09. The maximum absolute atomic E-state index is 12.3. The molecule has 0 aliphatic rings. The van der Waals surface area contributed by atoms with Crippen LogP contribution in [0.25, 0.3) is 0 Å². The maximum Gasteiger partial charge on any atom is 0.366 e. The molecule has 0 saturated carbocycles. The van der Waals surface area contributed by atoms with Crippen molar-refractivity contribution in [1.29, 1.82) is 0 Å². The largest absolute Gasteiger partial charge is 0.366 e. The lowest BCUT2D eigenvalue weighted by Gasteiger charge is -2.07. The van der Waals surface area contributed by atoms with Gasteiger partial charge < -0.3 is 4.84 Å². The number of non-ortho nitro benzene ring substituents is 1. The minimum absolute atomic E-state index is 0.0383. The second-order valence-corrected chi connectivity index (χ2v) is 6.50. The minimum Gasteiger partial charge on any atom is -0.312 e. The summed E-state index contributed by atoms with van der Waals surface area (Å²) in [5.41, 5.74) is 1.96. The average molecular weight is 473 g/mol. The Kier molecular flexibility index (Phi) is 5.87. The van der Waals surface area contributed by atoms with Gasteiger partial charge in [0.1, 0.15) is 5.71 Å². The molecule has 8 heteroatoms. The summed E-state index contributed by atoms with van der Waals surface area (Å²) in [6.45, 7) is 0. The summed E-state index contributed by atoms with van der Waals surface area (Å²) in [5.74, 6) is -0.589. The third-order valence-electron chi connectivity index (χ3n) is 3.62. The Morgan fingerprint density at radius 1 is 1.00 bits per heavy atom. The standard InChI is InChI=1S/C19H12IN3O4/c20-17-4-2-1-3-16(17)19(24)27-22-18(14-9-11-21-12-10-14)13-5-7-15(8-6-13)23(25)26/h1-12H. The van der Waals surface area contributed by atoms with E-state index < -0.39 is 10.9 Å². The fourth-order valence-corrected chi connectivity index (χ4v) is 2.89. The van der Waals surface area contributed by atoms with Crippen LogP contribution in [0, 0.1) is 13.7 Å². The Bertz CT molecular complexity index is 1000. The van der Waals surface area contributed by atoms with Gasteiger partial charge in [-0.15, -0.1) is 0 Å². The summed E-state index contributed by atoms with van der Waals surface area (Å²) in [7, 11) is 0. The van der Waals surface area contributed by atoms with Crippen LogP contribution in [0.4, 0.5) is 5.69 Å². The van der Waals surface area contributed by atoms with Gasteiger partial charge in [-0.1, -0.05) is 17.3 Å². The highest BCUT2D eigenvalue weighted by molar-refractivity contribution is 14.1. The van der Waals surface area contributed by atoms with Crippen molar-refractivity contribution in [1.82, 2.24) is 4.98 Å². The zero-order valence-corrected chi connectivity index (χ0v) is 15.9. The van der Waals surface area contributed by atoms with Crippen molar-refractivity contribution in [3.05, 3.63) is 103 Å². The van der Waals surface area contributed by atoms with Crippen molar-refractivity contribution in [3.8, 4) is 0 Å². The minimum atomic E-state index is -0.589. The van der Waals surface area contributed by atoms with Gasteiger partial charge in [0.25, 0.3) is 5.69 Å². The summed E-state index contributed by atoms with van der Waals surface area (Å²) in [4.78, 5) is 31.8. The zero-order chi connectivity index (χ0) is 19.2. The van der Waals surface area contributed by atoms with E-state index in [0.717, 1.165) is 3.57 Å². The van der Waals surface area contributed by atoms with Gasteiger partial charge in [-0.3, -0.25) is 15.1 Å². The maximum atomic E-state index is 12.3. The molecule has 0 bridgehead atoms. The number of aromatic nitrogens is 1. The van der Waals surface area contributed by atoms with Crippen LogP contribution < -0.4 is 0 Å². The molecule has 0 radical (unpaired) electrons. The van der Waals surface area contributed by atoms with E-state index in [1.165, 1.54) is 12.1 Å². The topological polar surface area (TPSA) is 94.7 Å². The first-order valence-electron chi connectivity index (χ1n) is 7.75. The normalized spacial score (nSPS) is 11.1. The van der Waals surface area contributed by atoms with E-state index in [-0.39, 0.29) is 5.69 Å². The number of hydrogen-bond acceptors (Lipinski definition) is 6. The summed E-state index contributed by atoms with van der Waals surface area (Å²) in [6, 6.07) is 16.3. The smallest absolute Gasteiger partial charge is 0.312 e. The molecule has 0 N–H and O–H groups in total. The van der Waals surface area contributed by atoms with Crippen LogP contribution in [0.1, 0.15) is 21.5 Å². The van der Waals surface area contributed by atoms with Crippen LogP contribution in [0.2, 0.25) is 0 Å². The molecule has 3 aromatic rings. The number of pyridine rings is 1. The molecule has 1 heterocycles. The molecule has 0 spiro atoms. The van der Waals surface area contributed by atoms with Crippen molar-refractivity contribution < 1.29 is 14.6 Å². The Morgan fingerprint density at radius 2 is 1.63 bits per heavy atom. The first-order valence-corrected chi connectivity index (χ1v) is 8.83. The number of carbonyl (C=O) groups excluding carboxylic acids is 1. The summed E-state index contributed by atoms with van der Waals surface area (Å²) in [6.07, 6.45) is 3.16. The van der Waals surface area contributed by atoms with Crippen LogP contribution in [-0.2, 0) is 4.84 Å². The van der Waals surface area contributed by atoms with Crippen molar-refractivity contribution in [2.75, 3.05) is 0 Å². The molecule has 0 aliphatic heterocycles. The van der Waals surface area contributed by atoms with Crippen molar-refractivity contribution in [2.24, 2.45) is 5.16 Å². The average Bonchev–Trinajstić information content (AvgIpc) is 2.69. The van der Waals surface area contributed by atoms with E-state index in [2.05, 4.69) is 10.1 Å². The number of benzene rings is 2. The van der Waals surface area contributed by atoms with E-state index >= 15 is 0 Å². The molecule has 3 rings (SSSR count). The molecule has 134 valence electrons. The van der Waals surface area contributed by atoms with Gasteiger partial charge in [-0.05, 0) is 59.0 Å². The Hall–Kier alpha value is -3.14. The zero-order valence-electron chi connectivity index (χ0n) is 13.8. The number of nitrogens with zero attached hydrogens (tertiary/aromatic N) is 3. The lowest BCUT2D eigenvalue weighted by atomic mass is 10.0. The van der Waals surface area contributed by atoms with Crippen LogP contribution in [-0.4, -0.2) is 21.6 Å². The van der Waals surface area contributed by atoms with Crippen molar-refractivity contribution >= 4 is 40.0 Å². The number of nitro benzene ring substituents is 1. The molecule has 0 unspecified atom stereocenters. The summed E-state index contributed by atoms with van der Waals surface area (Å²) >= 11 is 2.04. The van der Waals surface area contributed by atoms with Crippen molar-refractivity contribution in [3.63, 3.8) is 0 Å². The van der Waals surface area contributed by atoms with Gasteiger partial charge in [-0.2, -0.15) is 0 Å². The van der Waals surface area contributed by atoms with Gasteiger partial charge >= 0.3 is 5.97 Å². The fraction of sp³-hybridized carbons (Fsp3) is 0. The highest BCUT2D eigenvalue weighted by Crippen LogP contribution is 2.17. The van der Waals surface area contributed by atoms with Crippen LogP contribution in [0.3, 0.4) is 0 Å². The van der Waals surface area contributed by atoms with E-state index in [9.17, 15) is 14.9 Å². The fourth-order valence-electron chi connectivity index (χ4n) is 2.29. The number of oxime groups is 1. The van der Waals surface area contributed by atoms with Crippen LogP contribution in [0.5, 0.6) is 0 Å². The molecular formula is C19H12IN3O4. The Labute approximate surface area is 168 Å². The second-order valence-electron chi connectivity index (χ2n) is 5.34. The number of carbonyl (C=O) groups is 1. The lowest BCUT2D eigenvalue weighted by molar-refractivity contribution is -0.384. The van der Waals surface area contributed by atoms with Gasteiger partial charge in [-0.25, -0.2) is 4.79 Å². The molecule has 0 fully saturated rings. The first-order chi connectivity index (χ1) is 13.1. The Morgan fingerprint density at radius 3 is 2.26 bits per heavy atom. The van der Waals surface area contributed by atoms with Crippen LogP contribution >= 0.6 is 22.6 Å². The molecule has 2 aromatic carbocycles. The van der Waals surface area contributed by atoms with E-state index in [1.54, 1.807) is 54.9 Å². The van der Waals surface area contributed by atoms with Crippen LogP contribution in [0.15, 0.2) is 78.2 Å². The predicted octanol–water partition coefficient (Wildman–Crippen LogP) is 4.20. The summed E-state index contributed by atoms with van der Waals surface area (Å²) in [5, 5.41) is 14.9. The number of halogens is 1. The molecule has 7 nitrogen and oxygen atoms in total. The first kappa shape index (κ1) is 18.6. The number of nitro groups is 1. The molecule has 0 atom stereocenters. The summed E-state index contributed by atoms with van der Waals surface area (Å²) < 4.78 is 0.746. The van der Waals surface area contributed by atoms with Crippen molar-refractivity contribution in [2.45, 2.75) is 0 Å².